The van der Waals surface area contributed by atoms with Crippen molar-refractivity contribution in [3.05, 3.63) is 35.9 Å². The van der Waals surface area contributed by atoms with E-state index in [0.717, 1.165) is 0 Å². The summed E-state index contributed by atoms with van der Waals surface area (Å²) >= 11 is 0. The van der Waals surface area contributed by atoms with E-state index < -0.39 is 17.9 Å². The number of alkyl halides is 2. The Hall–Kier alpha value is -1.45. The molecule has 1 aromatic rings. The van der Waals surface area contributed by atoms with Gasteiger partial charge in [0, 0.05) is 6.92 Å². The van der Waals surface area contributed by atoms with Gasteiger partial charge >= 0.3 is 0 Å². The summed E-state index contributed by atoms with van der Waals surface area (Å²) in [5.41, 5.74) is -1.22. The fourth-order valence-corrected chi connectivity index (χ4v) is 1.40. The Morgan fingerprint density at radius 2 is 1.87 bits per heavy atom. The van der Waals surface area contributed by atoms with Crippen LogP contribution in [-0.2, 0) is 10.3 Å². The van der Waals surface area contributed by atoms with Crippen molar-refractivity contribution >= 4 is 5.91 Å². The number of nitrogens with one attached hydrogen (secondary N) is 1. The fourth-order valence-electron chi connectivity index (χ4n) is 1.40. The van der Waals surface area contributed by atoms with Crippen LogP contribution in [0.4, 0.5) is 8.78 Å². The predicted molar refractivity (Wildman–Crippen MR) is 53.6 cm³/mol. The minimum atomic E-state index is -2.65. The highest BCUT2D eigenvalue weighted by Gasteiger charge is 2.37. The van der Waals surface area contributed by atoms with Gasteiger partial charge in [0.05, 0.1) is 0 Å². The minimum Gasteiger partial charge on any atom is -0.342 e. The van der Waals surface area contributed by atoms with Crippen molar-refractivity contribution in [2.45, 2.75) is 25.8 Å². The average Bonchev–Trinajstić information content (AvgIpc) is 2.17. The summed E-state index contributed by atoms with van der Waals surface area (Å²) in [4.78, 5) is 10.9. The molecule has 0 radical (unpaired) electrons. The third-order valence-electron chi connectivity index (χ3n) is 2.25. The van der Waals surface area contributed by atoms with Gasteiger partial charge in [0.15, 0.2) is 0 Å². The summed E-state index contributed by atoms with van der Waals surface area (Å²) in [6.07, 6.45) is -2.65. The maximum absolute atomic E-state index is 12.9. The van der Waals surface area contributed by atoms with Gasteiger partial charge in [-0.25, -0.2) is 8.78 Å². The Labute approximate surface area is 87.3 Å². The first-order valence-electron chi connectivity index (χ1n) is 4.59. The Balaban J connectivity index is 3.07. The van der Waals surface area contributed by atoms with Crippen molar-refractivity contribution in [1.82, 2.24) is 5.32 Å². The zero-order valence-corrected chi connectivity index (χ0v) is 8.63. The second-order valence-electron chi connectivity index (χ2n) is 3.55. The monoisotopic (exact) mass is 213 g/mol. The lowest BCUT2D eigenvalue weighted by atomic mass is 9.92. The summed E-state index contributed by atoms with van der Waals surface area (Å²) in [6, 6.07) is 8.21. The molecular formula is C11H13F2NO. The number of benzene rings is 1. The zero-order valence-electron chi connectivity index (χ0n) is 8.63. The van der Waals surface area contributed by atoms with Crippen molar-refractivity contribution in [2.75, 3.05) is 0 Å². The quantitative estimate of drug-likeness (QED) is 0.820. The Kier molecular flexibility index (Phi) is 3.39. The molecule has 0 fully saturated rings. The van der Waals surface area contributed by atoms with Gasteiger partial charge in [0.1, 0.15) is 5.54 Å². The third kappa shape index (κ3) is 2.52. The van der Waals surface area contributed by atoms with Gasteiger partial charge in [-0.05, 0) is 12.5 Å². The van der Waals surface area contributed by atoms with Crippen molar-refractivity contribution in [3.8, 4) is 0 Å². The van der Waals surface area contributed by atoms with E-state index in [4.69, 9.17) is 0 Å². The molecule has 2 nitrogen and oxygen atoms in total. The van der Waals surface area contributed by atoms with E-state index >= 15 is 0 Å². The van der Waals surface area contributed by atoms with Crippen LogP contribution in [0, 0.1) is 0 Å². The molecule has 0 aromatic heterocycles. The van der Waals surface area contributed by atoms with Crippen LogP contribution in [0.25, 0.3) is 0 Å². The highest BCUT2D eigenvalue weighted by atomic mass is 19.3. The molecule has 0 heterocycles. The summed E-state index contributed by atoms with van der Waals surface area (Å²) in [5.74, 6) is -0.471. The second kappa shape index (κ2) is 4.38. The number of rotatable bonds is 3. The molecule has 0 aliphatic carbocycles. The van der Waals surface area contributed by atoms with Gasteiger partial charge in [0.25, 0.3) is 6.43 Å². The first-order valence-corrected chi connectivity index (χ1v) is 4.59. The van der Waals surface area contributed by atoms with Gasteiger partial charge in [-0.15, -0.1) is 0 Å². The molecule has 15 heavy (non-hydrogen) atoms. The van der Waals surface area contributed by atoms with Crippen LogP contribution in [0.3, 0.4) is 0 Å². The van der Waals surface area contributed by atoms with Crippen molar-refractivity contribution in [2.24, 2.45) is 0 Å². The second-order valence-corrected chi connectivity index (χ2v) is 3.55. The molecule has 82 valence electrons. The van der Waals surface area contributed by atoms with Crippen molar-refractivity contribution in [3.63, 3.8) is 0 Å². The average molecular weight is 213 g/mol. The number of hydrogen-bond donors (Lipinski definition) is 1. The van der Waals surface area contributed by atoms with E-state index in [1.54, 1.807) is 30.3 Å². The Morgan fingerprint density at radius 1 is 1.33 bits per heavy atom. The smallest absolute Gasteiger partial charge is 0.265 e. The number of hydrogen-bond acceptors (Lipinski definition) is 1. The van der Waals surface area contributed by atoms with E-state index in [0.29, 0.717) is 5.56 Å². The van der Waals surface area contributed by atoms with Crippen molar-refractivity contribution in [1.29, 1.82) is 0 Å². The van der Waals surface area contributed by atoms with Gasteiger partial charge in [0.2, 0.25) is 5.91 Å². The topological polar surface area (TPSA) is 29.1 Å². The normalized spacial score (nSPS) is 14.7. The van der Waals surface area contributed by atoms with E-state index in [-0.39, 0.29) is 0 Å². The highest BCUT2D eigenvalue weighted by Crippen LogP contribution is 2.27. The molecule has 1 unspecified atom stereocenters. The molecule has 1 rings (SSSR count). The first-order chi connectivity index (χ1) is 6.97. The lowest BCUT2D eigenvalue weighted by Crippen LogP contribution is -2.48. The van der Waals surface area contributed by atoms with Crippen LogP contribution in [0.15, 0.2) is 30.3 Å². The van der Waals surface area contributed by atoms with E-state index in [2.05, 4.69) is 5.32 Å². The van der Waals surface area contributed by atoms with Crippen LogP contribution in [0.2, 0.25) is 0 Å². The lowest BCUT2D eigenvalue weighted by Gasteiger charge is -2.29. The summed E-state index contributed by atoms with van der Waals surface area (Å²) < 4.78 is 25.8. The molecule has 0 bridgehead atoms. The van der Waals surface area contributed by atoms with Crippen LogP contribution in [-0.4, -0.2) is 12.3 Å². The van der Waals surface area contributed by atoms with E-state index in [9.17, 15) is 13.6 Å². The van der Waals surface area contributed by atoms with Crippen LogP contribution in [0.1, 0.15) is 19.4 Å². The molecule has 0 aliphatic heterocycles. The Bertz CT molecular complexity index is 340. The number of amides is 1. The number of halogens is 2. The van der Waals surface area contributed by atoms with Crippen LogP contribution >= 0.6 is 0 Å². The van der Waals surface area contributed by atoms with Gasteiger partial charge < -0.3 is 5.32 Å². The maximum atomic E-state index is 12.9. The van der Waals surface area contributed by atoms with Crippen LogP contribution < -0.4 is 5.32 Å². The molecule has 0 spiro atoms. The largest absolute Gasteiger partial charge is 0.342 e. The minimum absolute atomic E-state index is 0.398. The molecule has 0 aliphatic rings. The van der Waals surface area contributed by atoms with Crippen LogP contribution in [0.5, 0.6) is 0 Å². The lowest BCUT2D eigenvalue weighted by molar-refractivity contribution is -0.123. The fraction of sp³-hybridized carbons (Fsp3) is 0.364. The third-order valence-corrected chi connectivity index (χ3v) is 2.25. The van der Waals surface area contributed by atoms with Gasteiger partial charge in [-0.3, -0.25) is 4.79 Å². The van der Waals surface area contributed by atoms with Gasteiger partial charge in [-0.2, -0.15) is 0 Å². The maximum Gasteiger partial charge on any atom is 0.265 e. The van der Waals surface area contributed by atoms with E-state index in [1.165, 1.54) is 13.8 Å². The molecular weight excluding hydrogens is 200 g/mol. The van der Waals surface area contributed by atoms with Gasteiger partial charge in [-0.1, -0.05) is 30.3 Å². The summed E-state index contributed by atoms with van der Waals surface area (Å²) in [5, 5.41) is 2.28. The molecule has 1 amide bonds. The number of carbonyl (C=O) groups excluding carboxylic acids is 1. The summed E-state index contributed by atoms with van der Waals surface area (Å²) in [7, 11) is 0. The molecule has 1 N–H and O–H groups in total. The van der Waals surface area contributed by atoms with E-state index in [1.807, 2.05) is 0 Å². The molecule has 4 heteroatoms. The summed E-state index contributed by atoms with van der Waals surface area (Å²) in [6.45, 7) is 2.54. The molecule has 1 aromatic carbocycles. The Morgan fingerprint density at radius 3 is 2.27 bits per heavy atom. The molecule has 0 saturated heterocycles. The first kappa shape index (κ1) is 11.6. The SMILES string of the molecule is CC(=O)NC(C)(c1ccccc1)C(F)F. The van der Waals surface area contributed by atoms with Crippen molar-refractivity contribution < 1.29 is 13.6 Å². The number of carbonyl (C=O) groups is 1. The zero-order chi connectivity index (χ0) is 11.5. The molecule has 1 atom stereocenters. The highest BCUT2D eigenvalue weighted by molar-refractivity contribution is 5.74. The predicted octanol–water partition coefficient (Wildman–Crippen LogP) is 2.30. The standard InChI is InChI=1S/C11H13F2NO/c1-8(15)14-11(2,10(12)13)9-6-4-3-5-7-9/h3-7,10H,1-2H3,(H,14,15). The molecule has 0 saturated carbocycles.